The van der Waals surface area contributed by atoms with Crippen molar-refractivity contribution >= 4 is 16.0 Å². The molecule has 0 fully saturated rings. The van der Waals surface area contributed by atoms with Gasteiger partial charge in [-0.25, -0.2) is 17.5 Å². The molecule has 0 aliphatic carbocycles. The second kappa shape index (κ2) is 6.80. The molecule has 8 heteroatoms. The molecule has 0 saturated heterocycles. The van der Waals surface area contributed by atoms with E-state index in [0.717, 1.165) is 0 Å². The van der Waals surface area contributed by atoms with Crippen LogP contribution in [0.4, 0.5) is 0 Å². The molecule has 126 valence electrons. The predicted octanol–water partition coefficient (Wildman–Crippen LogP) is 1.23. The van der Waals surface area contributed by atoms with Crippen LogP contribution < -0.4 is 5.73 Å². The van der Waals surface area contributed by atoms with Crippen molar-refractivity contribution in [3.8, 4) is 0 Å². The third-order valence-corrected chi connectivity index (χ3v) is 5.22. The maximum atomic E-state index is 12.7. The third-order valence-electron chi connectivity index (χ3n) is 3.37. The lowest BCUT2D eigenvalue weighted by Crippen LogP contribution is -2.39. The van der Waals surface area contributed by atoms with Crippen molar-refractivity contribution in [2.75, 3.05) is 27.2 Å². The van der Waals surface area contributed by atoms with E-state index in [4.69, 9.17) is 10.2 Å². The van der Waals surface area contributed by atoms with Crippen molar-refractivity contribution in [3.63, 3.8) is 0 Å². The average Bonchev–Trinajstić information content (AvgIpc) is 2.90. The minimum atomic E-state index is -3.77. The molecule has 0 amide bonds. The summed E-state index contributed by atoms with van der Waals surface area (Å²) >= 11 is 0. The van der Waals surface area contributed by atoms with Gasteiger partial charge in [-0.1, -0.05) is 20.8 Å². The minimum Gasteiger partial charge on any atom is -0.463 e. The molecule has 7 nitrogen and oxygen atoms in total. The summed E-state index contributed by atoms with van der Waals surface area (Å²) in [7, 11) is -1.08. The topological polar surface area (TPSA) is 103 Å². The van der Waals surface area contributed by atoms with Gasteiger partial charge in [-0.15, -0.1) is 0 Å². The highest BCUT2D eigenvalue weighted by molar-refractivity contribution is 7.89. The SMILES string of the molecule is CCc1oc(C(=O)OC)cc1S(=O)(=O)N(C)CC(C)(C)CN. The summed E-state index contributed by atoms with van der Waals surface area (Å²) in [5.41, 5.74) is 5.30. The Morgan fingerprint density at radius 2 is 2.05 bits per heavy atom. The Hall–Kier alpha value is -1.38. The summed E-state index contributed by atoms with van der Waals surface area (Å²) in [6.45, 7) is 6.13. The van der Waals surface area contributed by atoms with E-state index in [0.29, 0.717) is 13.0 Å². The molecule has 1 aromatic heterocycles. The lowest BCUT2D eigenvalue weighted by Gasteiger charge is -2.28. The number of carbonyl (C=O) groups is 1. The van der Waals surface area contributed by atoms with Crippen molar-refractivity contribution in [1.82, 2.24) is 4.31 Å². The maximum Gasteiger partial charge on any atom is 0.373 e. The normalized spacial score (nSPS) is 12.7. The van der Waals surface area contributed by atoms with Crippen LogP contribution in [0, 0.1) is 5.41 Å². The van der Waals surface area contributed by atoms with Gasteiger partial charge >= 0.3 is 5.97 Å². The molecule has 2 N–H and O–H groups in total. The molecule has 1 rings (SSSR count). The molecule has 0 spiro atoms. The summed E-state index contributed by atoms with van der Waals surface area (Å²) in [6.07, 6.45) is 0.347. The fraction of sp³-hybridized carbons (Fsp3) is 0.643. The average molecular weight is 332 g/mol. The first-order valence-corrected chi connectivity index (χ1v) is 8.40. The molecule has 22 heavy (non-hydrogen) atoms. The van der Waals surface area contributed by atoms with E-state index in [1.54, 1.807) is 6.92 Å². The molecule has 0 aromatic carbocycles. The quantitative estimate of drug-likeness (QED) is 0.753. The molecule has 0 unspecified atom stereocenters. The Morgan fingerprint density at radius 1 is 1.45 bits per heavy atom. The lowest BCUT2D eigenvalue weighted by molar-refractivity contribution is 0.0563. The Labute approximate surface area is 131 Å². The molecule has 0 radical (unpaired) electrons. The van der Waals surface area contributed by atoms with E-state index < -0.39 is 16.0 Å². The largest absolute Gasteiger partial charge is 0.463 e. The van der Waals surface area contributed by atoms with Gasteiger partial charge in [0.1, 0.15) is 10.7 Å². The third kappa shape index (κ3) is 3.88. The van der Waals surface area contributed by atoms with Crippen LogP contribution in [-0.2, 0) is 21.2 Å². The van der Waals surface area contributed by atoms with Crippen LogP contribution in [0.15, 0.2) is 15.4 Å². The summed E-state index contributed by atoms with van der Waals surface area (Å²) in [5, 5.41) is 0. The van der Waals surface area contributed by atoms with Crippen molar-refractivity contribution < 1.29 is 22.4 Å². The zero-order chi connectivity index (χ0) is 17.1. The van der Waals surface area contributed by atoms with Gasteiger partial charge in [0, 0.05) is 26.1 Å². The number of aryl methyl sites for hydroxylation is 1. The summed E-state index contributed by atoms with van der Waals surface area (Å²) in [4.78, 5) is 11.5. The van der Waals surface area contributed by atoms with Gasteiger partial charge in [-0.3, -0.25) is 0 Å². The molecule has 0 bridgehead atoms. The van der Waals surface area contributed by atoms with Gasteiger partial charge in [0.05, 0.1) is 7.11 Å². The molecule has 0 atom stereocenters. The van der Waals surface area contributed by atoms with Crippen molar-refractivity contribution in [2.45, 2.75) is 32.1 Å². The number of hydrogen-bond acceptors (Lipinski definition) is 6. The Bertz CT molecular complexity index is 634. The van der Waals surface area contributed by atoms with Crippen LogP contribution in [0.2, 0.25) is 0 Å². The molecule has 1 heterocycles. The van der Waals surface area contributed by atoms with Crippen LogP contribution in [0.25, 0.3) is 0 Å². The number of furan rings is 1. The highest BCUT2D eigenvalue weighted by Crippen LogP contribution is 2.26. The van der Waals surface area contributed by atoms with Crippen LogP contribution in [0.1, 0.15) is 37.1 Å². The molecule has 0 saturated carbocycles. The number of carbonyl (C=O) groups excluding carboxylic acids is 1. The minimum absolute atomic E-state index is 0.00859. The highest BCUT2D eigenvalue weighted by atomic mass is 32.2. The van der Waals surface area contributed by atoms with E-state index in [1.807, 2.05) is 13.8 Å². The zero-order valence-electron chi connectivity index (χ0n) is 13.7. The van der Waals surface area contributed by atoms with Crippen LogP contribution in [0.5, 0.6) is 0 Å². The van der Waals surface area contributed by atoms with E-state index in [1.165, 1.54) is 24.5 Å². The van der Waals surface area contributed by atoms with Crippen LogP contribution >= 0.6 is 0 Å². The fourth-order valence-corrected chi connectivity index (χ4v) is 3.58. The number of rotatable bonds is 7. The standard InChI is InChI=1S/C14H24N2O5S/c1-6-10-12(7-11(21-10)13(17)20-5)22(18,19)16(4)9-14(2,3)8-15/h7H,6,8-9,15H2,1-5H3. The second-order valence-corrected chi connectivity index (χ2v) is 7.89. The van der Waals surface area contributed by atoms with E-state index in [2.05, 4.69) is 4.74 Å². The van der Waals surface area contributed by atoms with Crippen molar-refractivity contribution in [3.05, 3.63) is 17.6 Å². The zero-order valence-corrected chi connectivity index (χ0v) is 14.5. The number of ether oxygens (including phenoxy) is 1. The Morgan fingerprint density at radius 3 is 2.50 bits per heavy atom. The number of methoxy groups -OCH3 is 1. The van der Waals surface area contributed by atoms with Gasteiger partial charge < -0.3 is 14.9 Å². The van der Waals surface area contributed by atoms with E-state index in [-0.39, 0.29) is 28.4 Å². The number of esters is 1. The van der Waals surface area contributed by atoms with Crippen LogP contribution in [0.3, 0.4) is 0 Å². The van der Waals surface area contributed by atoms with Gasteiger partial charge in [0.2, 0.25) is 15.8 Å². The van der Waals surface area contributed by atoms with Crippen LogP contribution in [-0.4, -0.2) is 45.9 Å². The summed E-state index contributed by atoms with van der Waals surface area (Å²) < 4.78 is 36.5. The predicted molar refractivity (Wildman–Crippen MR) is 82.1 cm³/mol. The van der Waals surface area contributed by atoms with E-state index in [9.17, 15) is 13.2 Å². The van der Waals surface area contributed by atoms with Crippen molar-refractivity contribution in [1.29, 1.82) is 0 Å². The number of sulfonamides is 1. The first kappa shape index (κ1) is 18.7. The number of nitrogens with zero attached hydrogens (tertiary/aromatic N) is 1. The lowest BCUT2D eigenvalue weighted by atomic mass is 9.94. The van der Waals surface area contributed by atoms with E-state index >= 15 is 0 Å². The first-order valence-electron chi connectivity index (χ1n) is 6.96. The summed E-state index contributed by atoms with van der Waals surface area (Å²) in [6, 6.07) is 1.21. The Kier molecular flexibility index (Phi) is 5.77. The van der Waals surface area contributed by atoms with Crippen molar-refractivity contribution in [2.24, 2.45) is 11.1 Å². The Balaban J connectivity index is 3.22. The van der Waals surface area contributed by atoms with Gasteiger partial charge in [0.15, 0.2) is 0 Å². The second-order valence-electron chi connectivity index (χ2n) is 5.87. The molecular weight excluding hydrogens is 308 g/mol. The first-order chi connectivity index (χ1) is 10.1. The van der Waals surface area contributed by atoms with Gasteiger partial charge in [-0.2, -0.15) is 0 Å². The highest BCUT2D eigenvalue weighted by Gasteiger charge is 2.32. The molecule has 1 aromatic rings. The monoisotopic (exact) mass is 332 g/mol. The number of hydrogen-bond donors (Lipinski definition) is 1. The molecule has 0 aliphatic heterocycles. The molecule has 0 aliphatic rings. The molecular formula is C14H24N2O5S. The summed E-state index contributed by atoms with van der Waals surface area (Å²) in [5.74, 6) is -0.594. The maximum absolute atomic E-state index is 12.7. The number of nitrogens with two attached hydrogens (primary N) is 1. The fourth-order valence-electron chi connectivity index (χ4n) is 2.00. The van der Waals surface area contributed by atoms with Gasteiger partial charge in [-0.05, 0) is 12.0 Å². The smallest absolute Gasteiger partial charge is 0.373 e. The van der Waals surface area contributed by atoms with Gasteiger partial charge in [0.25, 0.3) is 0 Å².